The van der Waals surface area contributed by atoms with E-state index in [-0.39, 0.29) is 11.3 Å². The molecule has 25 heavy (non-hydrogen) atoms. The van der Waals surface area contributed by atoms with Crippen molar-refractivity contribution in [2.75, 3.05) is 25.0 Å². The number of nitrogens with zero attached hydrogens (tertiary/aromatic N) is 4. The highest BCUT2D eigenvalue weighted by atomic mass is 16.2. The van der Waals surface area contributed by atoms with Gasteiger partial charge in [0.1, 0.15) is 0 Å². The topological polar surface area (TPSA) is 49.3 Å². The Morgan fingerprint density at radius 1 is 1.32 bits per heavy atom. The number of hydrogen-bond acceptors (Lipinski definition) is 4. The van der Waals surface area contributed by atoms with Gasteiger partial charge in [0.25, 0.3) is 0 Å². The average Bonchev–Trinajstić information content (AvgIpc) is 3.14. The Hall–Kier alpha value is -1.91. The monoisotopic (exact) mass is 342 g/mol. The standard InChI is InChI=1S/C20H30N4O/c1-14(2)13-16-18(20(16,3)4)19(25)24-11-8-15(9-12-24)23(5)17-7-6-10-21-22-17/h6-7,10,13,15-16,18H,8-9,11-12H2,1-5H3. The van der Waals surface area contributed by atoms with E-state index in [9.17, 15) is 4.79 Å². The summed E-state index contributed by atoms with van der Waals surface area (Å²) in [4.78, 5) is 17.2. The van der Waals surface area contributed by atoms with Crippen LogP contribution in [0.2, 0.25) is 0 Å². The zero-order valence-electron chi connectivity index (χ0n) is 16.1. The molecule has 136 valence electrons. The molecule has 0 N–H and O–H groups in total. The van der Waals surface area contributed by atoms with E-state index in [0.29, 0.717) is 17.9 Å². The summed E-state index contributed by atoms with van der Waals surface area (Å²) in [5, 5.41) is 8.15. The Labute approximate surface area is 151 Å². The third kappa shape index (κ3) is 3.55. The van der Waals surface area contributed by atoms with Crippen LogP contribution in [0.15, 0.2) is 30.0 Å². The van der Waals surface area contributed by atoms with Crippen LogP contribution in [-0.4, -0.2) is 47.2 Å². The molecule has 0 aromatic carbocycles. The molecule has 5 heteroatoms. The number of amides is 1. The Kier molecular flexibility index (Phi) is 4.85. The Balaban J connectivity index is 1.58. The summed E-state index contributed by atoms with van der Waals surface area (Å²) in [6.07, 6.45) is 5.94. The fourth-order valence-corrected chi connectivity index (χ4v) is 4.16. The number of carbonyl (C=O) groups is 1. The molecule has 2 heterocycles. The number of likely N-dealkylation sites (tertiary alicyclic amines) is 1. The van der Waals surface area contributed by atoms with Gasteiger partial charge in [0.05, 0.1) is 5.92 Å². The average molecular weight is 342 g/mol. The molecule has 1 aromatic rings. The first kappa shape index (κ1) is 17.9. The van der Waals surface area contributed by atoms with Gasteiger partial charge in [-0.25, -0.2) is 0 Å². The van der Waals surface area contributed by atoms with E-state index < -0.39 is 0 Å². The first-order valence-electron chi connectivity index (χ1n) is 9.26. The summed E-state index contributed by atoms with van der Waals surface area (Å²) in [7, 11) is 2.07. The van der Waals surface area contributed by atoms with Gasteiger partial charge in [-0.3, -0.25) is 4.79 Å². The van der Waals surface area contributed by atoms with Crippen LogP contribution in [0, 0.1) is 17.3 Å². The van der Waals surface area contributed by atoms with Crippen LogP contribution in [0.1, 0.15) is 40.5 Å². The summed E-state index contributed by atoms with van der Waals surface area (Å²) in [6, 6.07) is 4.32. The quantitative estimate of drug-likeness (QED) is 0.789. The van der Waals surface area contributed by atoms with Gasteiger partial charge in [-0.2, -0.15) is 5.10 Å². The first-order chi connectivity index (χ1) is 11.8. The number of allylic oxidation sites excluding steroid dienone is 2. The molecule has 0 radical (unpaired) electrons. The van der Waals surface area contributed by atoms with E-state index >= 15 is 0 Å². The van der Waals surface area contributed by atoms with Gasteiger partial charge in [-0.1, -0.05) is 25.5 Å². The fourth-order valence-electron chi connectivity index (χ4n) is 4.16. The lowest BCUT2D eigenvalue weighted by atomic mass is 10.0. The van der Waals surface area contributed by atoms with Gasteiger partial charge in [-0.05, 0) is 50.2 Å². The molecular weight excluding hydrogens is 312 g/mol. The molecule has 1 aliphatic heterocycles. The molecule has 5 nitrogen and oxygen atoms in total. The van der Waals surface area contributed by atoms with Crippen molar-refractivity contribution in [3.63, 3.8) is 0 Å². The van der Waals surface area contributed by atoms with E-state index in [1.165, 1.54) is 5.57 Å². The minimum atomic E-state index is 0.0988. The third-order valence-electron chi connectivity index (χ3n) is 5.93. The molecule has 3 rings (SSSR count). The van der Waals surface area contributed by atoms with E-state index in [4.69, 9.17) is 0 Å². The highest BCUT2D eigenvalue weighted by molar-refractivity contribution is 5.84. The first-order valence-corrected chi connectivity index (χ1v) is 9.26. The molecule has 1 saturated carbocycles. The minimum absolute atomic E-state index is 0.0988. The molecule has 1 aromatic heterocycles. The predicted octanol–water partition coefficient (Wildman–Crippen LogP) is 3.14. The van der Waals surface area contributed by atoms with Gasteiger partial charge < -0.3 is 9.80 Å². The number of carbonyl (C=O) groups excluding carboxylic acids is 1. The summed E-state index contributed by atoms with van der Waals surface area (Å²) in [5.41, 5.74) is 1.40. The van der Waals surface area contributed by atoms with Crippen molar-refractivity contribution in [2.24, 2.45) is 17.3 Å². The lowest BCUT2D eigenvalue weighted by Gasteiger charge is -2.37. The van der Waals surface area contributed by atoms with Crippen LogP contribution in [-0.2, 0) is 4.79 Å². The molecule has 2 aliphatic rings. The maximum atomic E-state index is 13.0. The highest BCUT2D eigenvalue weighted by Crippen LogP contribution is 2.60. The second-order valence-electron chi connectivity index (χ2n) is 8.32. The maximum absolute atomic E-state index is 13.0. The molecule has 1 aliphatic carbocycles. The normalized spacial score (nSPS) is 25.4. The van der Waals surface area contributed by atoms with Gasteiger partial charge in [0.2, 0.25) is 5.91 Å². The molecule has 1 amide bonds. The van der Waals surface area contributed by atoms with Crippen molar-refractivity contribution in [1.29, 1.82) is 0 Å². The molecule has 2 atom stereocenters. The lowest BCUT2D eigenvalue weighted by Crippen LogP contribution is -2.46. The Morgan fingerprint density at radius 2 is 2.00 bits per heavy atom. The van der Waals surface area contributed by atoms with Crippen molar-refractivity contribution in [3.05, 3.63) is 30.0 Å². The summed E-state index contributed by atoms with van der Waals surface area (Å²) >= 11 is 0. The van der Waals surface area contributed by atoms with E-state index in [1.54, 1.807) is 6.20 Å². The van der Waals surface area contributed by atoms with E-state index in [1.807, 2.05) is 12.1 Å². The Morgan fingerprint density at radius 3 is 2.56 bits per heavy atom. The molecular formula is C20H30N4O. The third-order valence-corrected chi connectivity index (χ3v) is 5.93. The summed E-state index contributed by atoms with van der Waals surface area (Å²) in [6.45, 7) is 10.3. The molecule has 1 saturated heterocycles. The predicted molar refractivity (Wildman–Crippen MR) is 100 cm³/mol. The number of anilines is 1. The van der Waals surface area contributed by atoms with Crippen LogP contribution in [0.3, 0.4) is 0 Å². The second-order valence-corrected chi connectivity index (χ2v) is 8.32. The van der Waals surface area contributed by atoms with E-state index in [2.05, 4.69) is 60.8 Å². The van der Waals surface area contributed by atoms with Crippen LogP contribution < -0.4 is 4.90 Å². The minimum Gasteiger partial charge on any atom is -0.355 e. The number of aromatic nitrogens is 2. The summed E-state index contributed by atoms with van der Waals surface area (Å²) < 4.78 is 0. The zero-order chi connectivity index (χ0) is 18.2. The van der Waals surface area contributed by atoms with Crippen LogP contribution in [0.5, 0.6) is 0 Å². The van der Waals surface area contributed by atoms with Crippen LogP contribution >= 0.6 is 0 Å². The van der Waals surface area contributed by atoms with E-state index in [0.717, 1.165) is 31.7 Å². The molecule has 2 fully saturated rings. The largest absolute Gasteiger partial charge is 0.355 e. The zero-order valence-corrected chi connectivity index (χ0v) is 16.1. The van der Waals surface area contributed by atoms with Crippen molar-refractivity contribution in [1.82, 2.24) is 15.1 Å². The smallest absolute Gasteiger partial charge is 0.226 e. The Bertz CT molecular complexity index is 643. The van der Waals surface area contributed by atoms with Gasteiger partial charge in [-0.15, -0.1) is 5.10 Å². The van der Waals surface area contributed by atoms with Gasteiger partial charge >= 0.3 is 0 Å². The number of piperidine rings is 1. The van der Waals surface area contributed by atoms with Crippen molar-refractivity contribution in [2.45, 2.75) is 46.6 Å². The fraction of sp³-hybridized carbons (Fsp3) is 0.650. The maximum Gasteiger partial charge on any atom is 0.226 e. The molecule has 2 unspecified atom stereocenters. The lowest BCUT2D eigenvalue weighted by molar-refractivity contribution is -0.134. The van der Waals surface area contributed by atoms with Gasteiger partial charge in [0, 0.05) is 32.4 Å². The SMILES string of the molecule is CC(C)=CC1C(C(=O)N2CCC(N(C)c3cccnn3)CC2)C1(C)C. The van der Waals surface area contributed by atoms with Crippen molar-refractivity contribution in [3.8, 4) is 0 Å². The second kappa shape index (κ2) is 6.77. The highest BCUT2D eigenvalue weighted by Gasteiger charge is 2.61. The summed E-state index contributed by atoms with van der Waals surface area (Å²) in [5.74, 6) is 1.79. The van der Waals surface area contributed by atoms with Gasteiger partial charge in [0.15, 0.2) is 5.82 Å². The van der Waals surface area contributed by atoms with Crippen molar-refractivity contribution >= 4 is 11.7 Å². The number of rotatable bonds is 4. The van der Waals surface area contributed by atoms with Crippen molar-refractivity contribution < 1.29 is 4.79 Å². The number of hydrogen-bond donors (Lipinski definition) is 0. The van der Waals surface area contributed by atoms with Crippen LogP contribution in [0.4, 0.5) is 5.82 Å². The molecule has 0 spiro atoms. The van der Waals surface area contributed by atoms with Crippen LogP contribution in [0.25, 0.3) is 0 Å². The molecule has 0 bridgehead atoms.